The first-order valence-corrected chi connectivity index (χ1v) is 4.46. The minimum absolute atomic E-state index is 0.210. The first-order chi connectivity index (χ1) is 7.69. The van der Waals surface area contributed by atoms with Gasteiger partial charge in [-0.05, 0) is 24.3 Å². The zero-order valence-electron chi connectivity index (χ0n) is 8.12. The summed E-state index contributed by atoms with van der Waals surface area (Å²) in [6, 6.07) is 9.55. The number of rotatable bonds is 1. The highest BCUT2D eigenvalue weighted by molar-refractivity contribution is 5.57. The molecule has 5 heteroatoms. The van der Waals surface area contributed by atoms with Crippen LogP contribution in [0.25, 0.3) is 11.4 Å². The van der Waals surface area contributed by atoms with Gasteiger partial charge in [-0.15, -0.1) is 0 Å². The van der Waals surface area contributed by atoms with Crippen molar-refractivity contribution < 1.29 is 10.2 Å². The first-order valence-electron chi connectivity index (χ1n) is 4.46. The van der Waals surface area contributed by atoms with Crippen molar-refractivity contribution in [3.05, 3.63) is 35.9 Å². The van der Waals surface area contributed by atoms with Gasteiger partial charge in [0.25, 0.3) is 0 Å². The van der Waals surface area contributed by atoms with Crippen LogP contribution >= 0.6 is 0 Å². The summed E-state index contributed by atoms with van der Waals surface area (Å²) >= 11 is 0. The third-order valence-electron chi connectivity index (χ3n) is 1.97. The molecular weight excluding hydrogens is 206 g/mol. The normalized spacial score (nSPS) is 9.69. The van der Waals surface area contributed by atoms with Crippen LogP contribution < -0.4 is 0 Å². The van der Waals surface area contributed by atoms with Crippen LogP contribution in [0.4, 0.5) is 0 Å². The molecule has 2 N–H and O–H groups in total. The number of nitriles is 1. The summed E-state index contributed by atoms with van der Waals surface area (Å²) in [6.07, 6.45) is 0. The number of aromatic nitrogens is 2. The molecule has 0 aliphatic carbocycles. The molecule has 0 atom stereocenters. The molecule has 2 aromatic rings. The molecule has 0 unspecified atom stereocenters. The highest BCUT2D eigenvalue weighted by Crippen LogP contribution is 2.21. The number of benzene rings is 1. The van der Waals surface area contributed by atoms with Gasteiger partial charge < -0.3 is 10.2 Å². The van der Waals surface area contributed by atoms with Crippen molar-refractivity contribution in [3.63, 3.8) is 0 Å². The maximum atomic E-state index is 9.19. The van der Waals surface area contributed by atoms with Gasteiger partial charge in [0.2, 0.25) is 11.8 Å². The van der Waals surface area contributed by atoms with Crippen molar-refractivity contribution >= 4 is 0 Å². The van der Waals surface area contributed by atoms with Gasteiger partial charge in [0.05, 0.1) is 17.7 Å². The largest absolute Gasteiger partial charge is 0.493 e. The molecule has 16 heavy (non-hydrogen) atoms. The fourth-order valence-corrected chi connectivity index (χ4v) is 1.24. The van der Waals surface area contributed by atoms with E-state index < -0.39 is 0 Å². The molecule has 0 amide bonds. The molecule has 0 aliphatic heterocycles. The summed E-state index contributed by atoms with van der Waals surface area (Å²) in [5, 5.41) is 27.0. The van der Waals surface area contributed by atoms with E-state index in [2.05, 4.69) is 9.97 Å². The second-order valence-electron chi connectivity index (χ2n) is 3.10. The molecule has 1 aromatic heterocycles. The summed E-state index contributed by atoms with van der Waals surface area (Å²) in [7, 11) is 0. The minimum Gasteiger partial charge on any atom is -0.493 e. The van der Waals surface area contributed by atoms with E-state index in [-0.39, 0.29) is 17.6 Å². The third kappa shape index (κ3) is 1.91. The minimum atomic E-state index is -0.299. The van der Waals surface area contributed by atoms with E-state index in [4.69, 9.17) is 5.26 Å². The average molecular weight is 213 g/mol. The smallest absolute Gasteiger partial charge is 0.218 e. The molecule has 0 saturated carbocycles. The van der Waals surface area contributed by atoms with Gasteiger partial charge in [-0.3, -0.25) is 0 Å². The summed E-state index contributed by atoms with van der Waals surface area (Å²) in [4.78, 5) is 7.52. The van der Waals surface area contributed by atoms with Crippen molar-refractivity contribution in [1.82, 2.24) is 9.97 Å². The highest BCUT2D eigenvalue weighted by atomic mass is 16.3. The van der Waals surface area contributed by atoms with E-state index in [1.165, 1.54) is 0 Å². The monoisotopic (exact) mass is 213 g/mol. The van der Waals surface area contributed by atoms with Crippen LogP contribution in [0.2, 0.25) is 0 Å². The van der Waals surface area contributed by atoms with Gasteiger partial charge in [0.15, 0.2) is 5.82 Å². The fourth-order valence-electron chi connectivity index (χ4n) is 1.24. The van der Waals surface area contributed by atoms with E-state index in [9.17, 15) is 10.2 Å². The highest BCUT2D eigenvalue weighted by Gasteiger charge is 2.05. The molecule has 0 saturated heterocycles. The van der Waals surface area contributed by atoms with E-state index in [1.54, 1.807) is 24.3 Å². The Kier molecular flexibility index (Phi) is 2.40. The third-order valence-corrected chi connectivity index (χ3v) is 1.97. The summed E-state index contributed by atoms with van der Waals surface area (Å²) in [5.74, 6) is -0.388. The molecule has 2 rings (SSSR count). The molecule has 1 heterocycles. The molecule has 0 fully saturated rings. The van der Waals surface area contributed by atoms with Crippen LogP contribution in [-0.4, -0.2) is 20.2 Å². The van der Waals surface area contributed by atoms with Crippen LogP contribution in [0.3, 0.4) is 0 Å². The number of aromatic hydroxyl groups is 2. The lowest BCUT2D eigenvalue weighted by atomic mass is 10.1. The number of hydrogen-bond acceptors (Lipinski definition) is 5. The lowest BCUT2D eigenvalue weighted by Crippen LogP contribution is -1.89. The van der Waals surface area contributed by atoms with Crippen LogP contribution in [0, 0.1) is 11.3 Å². The Morgan fingerprint density at radius 3 is 2.06 bits per heavy atom. The first kappa shape index (κ1) is 9.93. The molecule has 78 valence electrons. The zero-order chi connectivity index (χ0) is 11.5. The standard InChI is InChI=1S/C11H7N3O2/c12-6-7-1-3-8(4-2-7)11-13-9(15)5-10(16)14-11/h1-5H,(H2,13,14,15,16). The van der Waals surface area contributed by atoms with Gasteiger partial charge in [-0.2, -0.15) is 15.2 Å². The molecular formula is C11H7N3O2. The lowest BCUT2D eigenvalue weighted by molar-refractivity contribution is 0.423. The topological polar surface area (TPSA) is 90.0 Å². The van der Waals surface area contributed by atoms with Crippen LogP contribution in [0.15, 0.2) is 30.3 Å². The van der Waals surface area contributed by atoms with Crippen molar-refractivity contribution in [1.29, 1.82) is 5.26 Å². The lowest BCUT2D eigenvalue weighted by Gasteiger charge is -2.01. The Balaban J connectivity index is 2.47. The predicted octanol–water partition coefficient (Wildman–Crippen LogP) is 1.43. The van der Waals surface area contributed by atoms with Gasteiger partial charge in [-0.1, -0.05) is 0 Å². The number of nitrogens with zero attached hydrogens (tertiary/aromatic N) is 3. The van der Waals surface area contributed by atoms with Gasteiger partial charge >= 0.3 is 0 Å². The Morgan fingerprint density at radius 1 is 1.00 bits per heavy atom. The number of hydrogen-bond donors (Lipinski definition) is 2. The predicted molar refractivity (Wildman–Crippen MR) is 55.5 cm³/mol. The van der Waals surface area contributed by atoms with Crippen molar-refractivity contribution in [2.45, 2.75) is 0 Å². The van der Waals surface area contributed by atoms with Gasteiger partial charge in [-0.25, -0.2) is 0 Å². The molecule has 0 bridgehead atoms. The maximum absolute atomic E-state index is 9.19. The Labute approximate surface area is 91.3 Å². The van der Waals surface area contributed by atoms with Crippen molar-refractivity contribution in [2.24, 2.45) is 0 Å². The van der Waals surface area contributed by atoms with E-state index in [1.807, 2.05) is 6.07 Å². The van der Waals surface area contributed by atoms with Crippen LogP contribution in [-0.2, 0) is 0 Å². The maximum Gasteiger partial charge on any atom is 0.218 e. The molecule has 1 aromatic carbocycles. The summed E-state index contributed by atoms with van der Waals surface area (Å²) in [6.45, 7) is 0. The Bertz CT molecular complexity index is 538. The van der Waals surface area contributed by atoms with E-state index >= 15 is 0 Å². The molecule has 0 spiro atoms. The Hall–Kier alpha value is -2.61. The van der Waals surface area contributed by atoms with Gasteiger partial charge in [0, 0.05) is 5.56 Å². The second-order valence-corrected chi connectivity index (χ2v) is 3.10. The fraction of sp³-hybridized carbons (Fsp3) is 0. The van der Waals surface area contributed by atoms with Crippen LogP contribution in [0.1, 0.15) is 5.56 Å². The van der Waals surface area contributed by atoms with Crippen molar-refractivity contribution in [3.8, 4) is 29.2 Å². The summed E-state index contributed by atoms with van der Waals surface area (Å²) in [5.41, 5.74) is 1.14. The van der Waals surface area contributed by atoms with Crippen molar-refractivity contribution in [2.75, 3.05) is 0 Å². The SMILES string of the molecule is N#Cc1ccc(-c2nc(O)cc(O)n2)cc1. The van der Waals surface area contributed by atoms with E-state index in [0.29, 0.717) is 11.1 Å². The average Bonchev–Trinajstić information content (AvgIpc) is 2.28. The van der Waals surface area contributed by atoms with Crippen LogP contribution in [0.5, 0.6) is 11.8 Å². The van der Waals surface area contributed by atoms with E-state index in [0.717, 1.165) is 6.07 Å². The second kappa shape index (κ2) is 3.87. The molecule has 5 nitrogen and oxygen atoms in total. The van der Waals surface area contributed by atoms with Gasteiger partial charge in [0.1, 0.15) is 0 Å². The zero-order valence-corrected chi connectivity index (χ0v) is 8.12. The Morgan fingerprint density at radius 2 is 1.56 bits per heavy atom. The summed E-state index contributed by atoms with van der Waals surface area (Å²) < 4.78 is 0. The molecule has 0 aliphatic rings. The quantitative estimate of drug-likeness (QED) is 0.747. The molecule has 0 radical (unpaired) electrons.